The minimum absolute atomic E-state index is 0.0363. The van der Waals surface area contributed by atoms with E-state index in [2.05, 4.69) is 30.9 Å². The zero-order valence-electron chi connectivity index (χ0n) is 17.8. The first kappa shape index (κ1) is 22.3. The summed E-state index contributed by atoms with van der Waals surface area (Å²) >= 11 is 1.50. The third-order valence-corrected chi connectivity index (χ3v) is 6.23. The molecular formula is C22H24F2N6OS. The van der Waals surface area contributed by atoms with Crippen LogP contribution in [0.25, 0.3) is 27.7 Å². The first-order valence-electron chi connectivity index (χ1n) is 10.1. The van der Waals surface area contributed by atoms with E-state index in [0.29, 0.717) is 33.3 Å². The SMILES string of the molecule is COc1c(F)cc(F)cc1-c1c[nH]c2ncc(/C(C=N)=C/NSN3CCN(C)CC3)cc12. The molecule has 0 bridgehead atoms. The summed E-state index contributed by atoms with van der Waals surface area (Å²) in [6.07, 6.45) is 6.31. The fourth-order valence-electron chi connectivity index (χ4n) is 3.60. The fourth-order valence-corrected chi connectivity index (χ4v) is 4.28. The Labute approximate surface area is 189 Å². The summed E-state index contributed by atoms with van der Waals surface area (Å²) < 4.78 is 38.8. The van der Waals surface area contributed by atoms with Crippen LogP contribution in [-0.2, 0) is 0 Å². The molecule has 0 saturated carbocycles. The Morgan fingerprint density at radius 1 is 1.22 bits per heavy atom. The Morgan fingerprint density at radius 2 is 2.00 bits per heavy atom. The lowest BCUT2D eigenvalue weighted by Gasteiger charge is -2.30. The molecule has 0 amide bonds. The van der Waals surface area contributed by atoms with Gasteiger partial charge in [0.25, 0.3) is 0 Å². The number of aromatic amines is 1. The molecule has 3 aromatic rings. The predicted octanol–water partition coefficient (Wildman–Crippen LogP) is 3.91. The number of halogens is 2. The van der Waals surface area contributed by atoms with Gasteiger partial charge in [0.2, 0.25) is 0 Å². The molecule has 7 nitrogen and oxygen atoms in total. The summed E-state index contributed by atoms with van der Waals surface area (Å²) in [6, 6.07) is 3.87. The first-order valence-corrected chi connectivity index (χ1v) is 10.8. The van der Waals surface area contributed by atoms with Crippen LogP contribution in [0.5, 0.6) is 5.75 Å². The van der Waals surface area contributed by atoms with Crippen molar-refractivity contribution >= 4 is 35.0 Å². The van der Waals surface area contributed by atoms with Gasteiger partial charge < -0.3 is 24.8 Å². The maximum absolute atomic E-state index is 14.2. The molecule has 0 radical (unpaired) electrons. The lowest BCUT2D eigenvalue weighted by molar-refractivity contribution is 0.233. The van der Waals surface area contributed by atoms with Crippen LogP contribution in [0.4, 0.5) is 8.78 Å². The van der Waals surface area contributed by atoms with Crippen LogP contribution in [-0.4, -0.2) is 65.7 Å². The van der Waals surface area contributed by atoms with Gasteiger partial charge in [0.15, 0.2) is 11.6 Å². The van der Waals surface area contributed by atoms with Crippen molar-refractivity contribution < 1.29 is 13.5 Å². The van der Waals surface area contributed by atoms with Crippen LogP contribution in [0, 0.1) is 17.0 Å². The number of aromatic nitrogens is 2. The second kappa shape index (κ2) is 9.68. The number of methoxy groups -OCH3 is 1. The molecule has 3 N–H and O–H groups in total. The highest BCUT2D eigenvalue weighted by molar-refractivity contribution is 7.95. The van der Waals surface area contributed by atoms with E-state index >= 15 is 0 Å². The van der Waals surface area contributed by atoms with Gasteiger partial charge in [0.05, 0.1) is 7.11 Å². The van der Waals surface area contributed by atoms with Gasteiger partial charge in [0.1, 0.15) is 11.5 Å². The van der Waals surface area contributed by atoms with Crippen LogP contribution in [0.2, 0.25) is 0 Å². The highest BCUT2D eigenvalue weighted by atomic mass is 32.2. The minimum Gasteiger partial charge on any atom is -0.493 e. The van der Waals surface area contributed by atoms with Crippen LogP contribution >= 0.6 is 12.1 Å². The van der Waals surface area contributed by atoms with Crippen molar-refractivity contribution in [3.63, 3.8) is 0 Å². The molecule has 1 aliphatic heterocycles. The van der Waals surface area contributed by atoms with Crippen molar-refractivity contribution in [3.05, 3.63) is 54.0 Å². The zero-order valence-corrected chi connectivity index (χ0v) is 18.6. The van der Waals surface area contributed by atoms with Crippen LogP contribution in [0.15, 0.2) is 36.8 Å². The Kier molecular flexibility index (Phi) is 6.73. The molecule has 0 atom stereocenters. The maximum atomic E-state index is 14.2. The van der Waals surface area contributed by atoms with Gasteiger partial charge in [0, 0.05) is 96.8 Å². The molecular weight excluding hydrogens is 434 g/mol. The van der Waals surface area contributed by atoms with E-state index in [-0.39, 0.29) is 5.75 Å². The van der Waals surface area contributed by atoms with E-state index in [0.717, 1.165) is 32.2 Å². The van der Waals surface area contributed by atoms with Crippen molar-refractivity contribution in [3.8, 4) is 16.9 Å². The van der Waals surface area contributed by atoms with Crippen molar-refractivity contribution in [2.24, 2.45) is 0 Å². The molecule has 3 heterocycles. The molecule has 1 aromatic carbocycles. The van der Waals surface area contributed by atoms with Crippen molar-refractivity contribution in [1.82, 2.24) is 23.9 Å². The monoisotopic (exact) mass is 458 g/mol. The molecule has 2 aromatic heterocycles. The van der Waals surface area contributed by atoms with E-state index in [1.54, 1.807) is 18.6 Å². The lowest BCUT2D eigenvalue weighted by atomic mass is 10.0. The average molecular weight is 459 g/mol. The van der Waals surface area contributed by atoms with Gasteiger partial charge in [-0.3, -0.25) is 0 Å². The highest BCUT2D eigenvalue weighted by Crippen LogP contribution is 2.37. The number of nitrogens with one attached hydrogen (secondary N) is 3. The topological polar surface area (TPSA) is 80.3 Å². The van der Waals surface area contributed by atoms with Gasteiger partial charge in [-0.1, -0.05) is 0 Å². The fraction of sp³-hybridized carbons (Fsp3) is 0.273. The summed E-state index contributed by atoms with van der Waals surface area (Å²) in [7, 11) is 3.45. The number of pyridine rings is 1. The summed E-state index contributed by atoms with van der Waals surface area (Å²) in [4.78, 5) is 9.74. The number of benzene rings is 1. The minimum atomic E-state index is -0.772. The number of fused-ring (bicyclic) bond motifs is 1. The molecule has 0 spiro atoms. The predicted molar refractivity (Wildman–Crippen MR) is 125 cm³/mol. The Morgan fingerprint density at radius 3 is 2.72 bits per heavy atom. The molecule has 0 unspecified atom stereocenters. The number of nitrogens with zero attached hydrogens (tertiary/aromatic N) is 3. The van der Waals surface area contributed by atoms with Gasteiger partial charge in [-0.2, -0.15) is 0 Å². The Balaban J connectivity index is 1.63. The number of hydrogen-bond donors (Lipinski definition) is 3. The summed E-state index contributed by atoms with van der Waals surface area (Å²) in [5.41, 5.74) is 2.76. The quantitative estimate of drug-likeness (QED) is 0.368. The van der Waals surface area contributed by atoms with Gasteiger partial charge in [-0.15, -0.1) is 0 Å². The van der Waals surface area contributed by atoms with Gasteiger partial charge in [-0.25, -0.2) is 18.1 Å². The van der Waals surface area contributed by atoms with Crippen LogP contribution in [0.1, 0.15) is 5.56 Å². The highest BCUT2D eigenvalue weighted by Gasteiger charge is 2.18. The number of rotatable bonds is 7. The Hall–Kier alpha value is -2.95. The second-order valence-electron chi connectivity index (χ2n) is 7.48. The molecule has 32 heavy (non-hydrogen) atoms. The maximum Gasteiger partial charge on any atom is 0.168 e. The third-order valence-electron chi connectivity index (χ3n) is 5.38. The van der Waals surface area contributed by atoms with Gasteiger partial charge in [-0.05, 0) is 19.2 Å². The lowest BCUT2D eigenvalue weighted by Crippen LogP contribution is -2.41. The van der Waals surface area contributed by atoms with Crippen molar-refractivity contribution in [1.29, 1.82) is 5.41 Å². The third kappa shape index (κ3) is 4.62. The van der Waals surface area contributed by atoms with E-state index in [9.17, 15) is 8.78 Å². The molecule has 1 saturated heterocycles. The summed E-state index contributed by atoms with van der Waals surface area (Å²) in [6.45, 7) is 3.93. The number of allylic oxidation sites excluding steroid dienone is 1. The normalized spacial score (nSPS) is 15.8. The smallest absolute Gasteiger partial charge is 0.168 e. The van der Waals surface area contributed by atoms with E-state index in [4.69, 9.17) is 10.1 Å². The second-order valence-corrected chi connectivity index (χ2v) is 8.41. The van der Waals surface area contributed by atoms with E-state index < -0.39 is 11.6 Å². The molecule has 10 heteroatoms. The largest absolute Gasteiger partial charge is 0.493 e. The summed E-state index contributed by atoms with van der Waals surface area (Å²) in [5.74, 6) is -1.50. The first-order chi connectivity index (χ1) is 15.5. The van der Waals surface area contributed by atoms with E-state index in [1.807, 2.05) is 6.07 Å². The average Bonchev–Trinajstić information content (AvgIpc) is 3.20. The Bertz CT molecular complexity index is 1160. The zero-order chi connectivity index (χ0) is 22.7. The molecule has 4 rings (SSSR count). The van der Waals surface area contributed by atoms with Crippen LogP contribution < -0.4 is 9.46 Å². The molecule has 1 aliphatic rings. The van der Waals surface area contributed by atoms with Crippen molar-refractivity contribution in [2.75, 3.05) is 40.3 Å². The van der Waals surface area contributed by atoms with Crippen LogP contribution in [0.3, 0.4) is 0 Å². The van der Waals surface area contributed by atoms with E-state index in [1.165, 1.54) is 31.5 Å². The standard InChI is InChI=1S/C22H24F2N6OS/c1-29-3-5-30(6-4-29)32-28-12-15(10-25)14-7-18-19(13-27-22(18)26-11-14)17-8-16(23)9-20(24)21(17)31-2/h7-13,25,28H,3-6H2,1-2H3,(H,26,27)/b15-12+,25-10?. The number of likely N-dealkylation sites (N-methyl/N-ethyl adjacent to an activating group) is 1. The number of ether oxygens (including phenoxy) is 1. The molecule has 168 valence electrons. The van der Waals surface area contributed by atoms with Gasteiger partial charge >= 0.3 is 0 Å². The van der Waals surface area contributed by atoms with Crippen molar-refractivity contribution in [2.45, 2.75) is 0 Å². The number of piperazine rings is 1. The summed E-state index contributed by atoms with van der Waals surface area (Å²) in [5, 5.41) is 8.51. The molecule has 1 fully saturated rings. The molecule has 0 aliphatic carbocycles. The number of H-pyrrole nitrogens is 1. The number of hydrogen-bond acceptors (Lipinski definition) is 7.